The van der Waals surface area contributed by atoms with Gasteiger partial charge in [0.15, 0.2) is 0 Å². The molecular weight excluding hydrogens is 310 g/mol. The molecule has 0 fully saturated rings. The lowest BCUT2D eigenvalue weighted by molar-refractivity contribution is 0.314. The van der Waals surface area contributed by atoms with Gasteiger partial charge in [0.25, 0.3) is 0 Å². The van der Waals surface area contributed by atoms with Gasteiger partial charge in [-0.15, -0.1) is 0 Å². The van der Waals surface area contributed by atoms with Gasteiger partial charge in [-0.2, -0.15) is 0 Å². The van der Waals surface area contributed by atoms with E-state index in [0.717, 1.165) is 0 Å². The van der Waals surface area contributed by atoms with Crippen molar-refractivity contribution in [3.63, 3.8) is 0 Å². The smallest absolute Gasteiger partial charge is 0.240 e. The van der Waals surface area contributed by atoms with Crippen LogP contribution in [0.2, 0.25) is 5.02 Å². The van der Waals surface area contributed by atoms with Crippen molar-refractivity contribution in [2.75, 3.05) is 26.4 Å². The summed E-state index contributed by atoms with van der Waals surface area (Å²) >= 11 is 5.98. The third-order valence-corrected chi connectivity index (χ3v) is 5.23. The second-order valence-corrected chi connectivity index (χ2v) is 7.97. The van der Waals surface area contributed by atoms with Crippen molar-refractivity contribution < 1.29 is 8.42 Å². The molecule has 0 aliphatic carbocycles. The second kappa shape index (κ2) is 6.96. The average Bonchev–Trinajstić information content (AvgIpc) is 2.33. The van der Waals surface area contributed by atoms with E-state index in [1.807, 2.05) is 32.8 Å². The Bertz CT molecular complexity index is 577. The first-order valence-corrected chi connectivity index (χ1v) is 8.63. The molecule has 0 spiro atoms. The van der Waals surface area contributed by atoms with Gasteiger partial charge < -0.3 is 10.6 Å². The lowest BCUT2D eigenvalue weighted by Crippen LogP contribution is -2.44. The maximum Gasteiger partial charge on any atom is 0.240 e. The van der Waals surface area contributed by atoms with Crippen molar-refractivity contribution in [2.45, 2.75) is 31.7 Å². The van der Waals surface area contributed by atoms with Gasteiger partial charge in [0.05, 0.1) is 15.6 Å². The highest BCUT2D eigenvalue weighted by atomic mass is 35.5. The first-order chi connectivity index (χ1) is 9.54. The zero-order chi connectivity index (χ0) is 16.4. The zero-order valence-corrected chi connectivity index (χ0v) is 14.7. The van der Waals surface area contributed by atoms with Gasteiger partial charge in [-0.25, -0.2) is 13.1 Å². The maximum atomic E-state index is 12.5. The number of nitrogens with zero attached hydrogens (tertiary/aromatic N) is 1. The molecule has 1 aromatic carbocycles. The number of anilines is 1. The molecule has 3 N–H and O–H groups in total. The van der Waals surface area contributed by atoms with E-state index >= 15 is 0 Å². The van der Waals surface area contributed by atoms with Crippen LogP contribution in [0, 0.1) is 12.8 Å². The molecule has 1 aromatic rings. The van der Waals surface area contributed by atoms with Gasteiger partial charge in [-0.05, 0) is 44.6 Å². The lowest BCUT2D eigenvalue weighted by atomic mass is 10.1. The summed E-state index contributed by atoms with van der Waals surface area (Å²) in [5.41, 5.74) is 6.67. The number of nitrogens with one attached hydrogen (secondary N) is 1. The summed E-state index contributed by atoms with van der Waals surface area (Å²) in [6.45, 7) is 6.33. The molecule has 7 heteroatoms. The van der Waals surface area contributed by atoms with Crippen molar-refractivity contribution in [3.8, 4) is 0 Å². The molecule has 5 nitrogen and oxygen atoms in total. The molecule has 1 atom stereocenters. The number of hydrogen-bond donors (Lipinski definition) is 2. The van der Waals surface area contributed by atoms with Gasteiger partial charge in [-0.3, -0.25) is 0 Å². The minimum Gasteiger partial charge on any atom is -0.397 e. The topological polar surface area (TPSA) is 75.4 Å². The number of nitrogen functional groups attached to an aromatic ring is 1. The zero-order valence-electron chi connectivity index (χ0n) is 13.1. The number of likely N-dealkylation sites (N-methyl/N-ethyl adjacent to an activating group) is 1. The molecule has 0 heterocycles. The Balaban J connectivity index is 3.10. The number of rotatable bonds is 6. The van der Waals surface area contributed by atoms with Crippen LogP contribution >= 0.6 is 11.6 Å². The third kappa shape index (κ3) is 4.85. The van der Waals surface area contributed by atoms with E-state index in [-0.39, 0.29) is 22.5 Å². The van der Waals surface area contributed by atoms with E-state index in [2.05, 4.69) is 4.72 Å². The van der Waals surface area contributed by atoms with Crippen molar-refractivity contribution >= 4 is 27.3 Å². The number of sulfonamides is 1. The summed E-state index contributed by atoms with van der Waals surface area (Å²) in [4.78, 5) is 2.10. The molecule has 21 heavy (non-hydrogen) atoms. The predicted octanol–water partition coefficient (Wildman–Crippen LogP) is 2.10. The molecular formula is C14H24ClN3O2S. The van der Waals surface area contributed by atoms with Gasteiger partial charge >= 0.3 is 0 Å². The highest BCUT2D eigenvalue weighted by Crippen LogP contribution is 2.27. The molecule has 1 unspecified atom stereocenters. The Hall–Kier alpha value is -0.820. The second-order valence-electron chi connectivity index (χ2n) is 5.88. The highest BCUT2D eigenvalue weighted by Gasteiger charge is 2.24. The third-order valence-electron chi connectivity index (χ3n) is 3.24. The van der Waals surface area contributed by atoms with Crippen LogP contribution in [0.25, 0.3) is 0 Å². The molecule has 0 aliphatic rings. The summed E-state index contributed by atoms with van der Waals surface area (Å²) in [6.07, 6.45) is 0. The van der Waals surface area contributed by atoms with Crippen LogP contribution in [0.15, 0.2) is 17.0 Å². The van der Waals surface area contributed by atoms with Crippen LogP contribution in [-0.2, 0) is 10.0 Å². The fourth-order valence-electron chi connectivity index (χ4n) is 1.96. The predicted molar refractivity (Wildman–Crippen MR) is 88.1 cm³/mol. The van der Waals surface area contributed by atoms with E-state index in [1.165, 1.54) is 12.1 Å². The van der Waals surface area contributed by atoms with E-state index in [9.17, 15) is 8.42 Å². The summed E-state index contributed by atoms with van der Waals surface area (Å²) in [5.74, 6) is 0.174. The Kier molecular flexibility index (Phi) is 6.04. The number of aryl methyl sites for hydroxylation is 1. The Labute approximate surface area is 132 Å². The van der Waals surface area contributed by atoms with Crippen LogP contribution in [0.3, 0.4) is 0 Å². The van der Waals surface area contributed by atoms with Crippen LogP contribution in [0.5, 0.6) is 0 Å². The lowest BCUT2D eigenvalue weighted by Gasteiger charge is -2.25. The van der Waals surface area contributed by atoms with Crippen molar-refractivity contribution in [2.24, 2.45) is 5.92 Å². The Morgan fingerprint density at radius 3 is 2.33 bits per heavy atom. The molecule has 120 valence electrons. The standard InChI is InChI=1S/C14H24ClN3O2S/c1-9(2)13(8-18(4)5)17-21(19,20)11-6-10(3)14(15)12(16)7-11/h6-7,9,13,17H,8,16H2,1-5H3. The molecule has 0 saturated heterocycles. The normalized spacial score (nSPS) is 13.9. The van der Waals surface area contributed by atoms with E-state index in [4.69, 9.17) is 17.3 Å². The minimum atomic E-state index is -3.63. The molecule has 1 rings (SSSR count). The Morgan fingerprint density at radius 1 is 1.33 bits per heavy atom. The molecule has 0 amide bonds. The number of halogens is 1. The average molecular weight is 334 g/mol. The first-order valence-electron chi connectivity index (χ1n) is 6.77. The molecule has 0 saturated carbocycles. The highest BCUT2D eigenvalue weighted by molar-refractivity contribution is 7.89. The van der Waals surface area contributed by atoms with Gasteiger partial charge in [-0.1, -0.05) is 25.4 Å². The molecule has 0 bridgehead atoms. The van der Waals surface area contributed by atoms with E-state index < -0.39 is 10.0 Å². The van der Waals surface area contributed by atoms with Crippen LogP contribution < -0.4 is 10.5 Å². The Morgan fingerprint density at radius 2 is 1.90 bits per heavy atom. The first kappa shape index (κ1) is 18.2. The van der Waals surface area contributed by atoms with E-state index in [1.54, 1.807) is 6.92 Å². The molecule has 0 aliphatic heterocycles. The van der Waals surface area contributed by atoms with Crippen molar-refractivity contribution in [1.82, 2.24) is 9.62 Å². The minimum absolute atomic E-state index is 0.145. The SMILES string of the molecule is Cc1cc(S(=O)(=O)NC(CN(C)C)C(C)C)cc(N)c1Cl. The van der Waals surface area contributed by atoms with Gasteiger partial charge in [0.2, 0.25) is 10.0 Å². The van der Waals surface area contributed by atoms with Crippen molar-refractivity contribution in [3.05, 3.63) is 22.7 Å². The maximum absolute atomic E-state index is 12.5. The fourth-order valence-corrected chi connectivity index (χ4v) is 3.57. The molecule has 0 aromatic heterocycles. The summed E-state index contributed by atoms with van der Waals surface area (Å²) in [6, 6.07) is 2.75. The molecule has 0 radical (unpaired) electrons. The van der Waals surface area contributed by atoms with E-state index in [0.29, 0.717) is 17.1 Å². The van der Waals surface area contributed by atoms with Crippen LogP contribution in [-0.4, -0.2) is 40.0 Å². The summed E-state index contributed by atoms with van der Waals surface area (Å²) in [7, 11) is 0.194. The van der Waals surface area contributed by atoms with Gasteiger partial charge in [0, 0.05) is 12.6 Å². The van der Waals surface area contributed by atoms with Gasteiger partial charge in [0.1, 0.15) is 0 Å². The van der Waals surface area contributed by atoms with Crippen LogP contribution in [0.4, 0.5) is 5.69 Å². The summed E-state index contributed by atoms with van der Waals surface area (Å²) < 4.78 is 27.8. The quantitative estimate of drug-likeness (QED) is 0.782. The number of hydrogen-bond acceptors (Lipinski definition) is 4. The number of nitrogens with two attached hydrogens (primary N) is 1. The fraction of sp³-hybridized carbons (Fsp3) is 0.571. The largest absolute Gasteiger partial charge is 0.397 e. The van der Waals surface area contributed by atoms with Crippen molar-refractivity contribution in [1.29, 1.82) is 0 Å². The summed E-state index contributed by atoms with van der Waals surface area (Å²) in [5, 5.41) is 0.391. The monoisotopic (exact) mass is 333 g/mol. The van der Waals surface area contributed by atoms with Crippen LogP contribution in [0.1, 0.15) is 19.4 Å². The number of benzene rings is 1.